The molecule has 1 atom stereocenters. The van der Waals surface area contributed by atoms with Crippen molar-refractivity contribution in [3.8, 4) is 0 Å². The van der Waals surface area contributed by atoms with Crippen LogP contribution in [-0.2, 0) is 10.0 Å². The van der Waals surface area contributed by atoms with Gasteiger partial charge in [0.2, 0.25) is 10.0 Å². The van der Waals surface area contributed by atoms with Crippen LogP contribution in [0, 0.1) is 11.8 Å². The molecule has 0 radical (unpaired) electrons. The first-order chi connectivity index (χ1) is 7.58. The maximum atomic E-state index is 12.0. The minimum absolute atomic E-state index is 0.365. The van der Waals surface area contributed by atoms with Gasteiger partial charge < -0.3 is 5.32 Å². The van der Waals surface area contributed by atoms with E-state index in [0.717, 1.165) is 32.4 Å². The van der Waals surface area contributed by atoms with Crippen molar-refractivity contribution in [2.45, 2.75) is 25.7 Å². The van der Waals surface area contributed by atoms with Crippen LogP contribution in [0.15, 0.2) is 0 Å². The van der Waals surface area contributed by atoms with Crippen LogP contribution >= 0.6 is 0 Å². The average Bonchev–Trinajstić information content (AvgIpc) is 3.02. The van der Waals surface area contributed by atoms with Crippen molar-refractivity contribution in [2.24, 2.45) is 11.8 Å². The van der Waals surface area contributed by atoms with E-state index >= 15 is 0 Å². The quantitative estimate of drug-likeness (QED) is 0.775. The van der Waals surface area contributed by atoms with Crippen molar-refractivity contribution < 1.29 is 8.42 Å². The van der Waals surface area contributed by atoms with Gasteiger partial charge in [-0.1, -0.05) is 0 Å². The lowest BCUT2D eigenvalue weighted by Gasteiger charge is -2.27. The van der Waals surface area contributed by atoms with E-state index in [1.54, 1.807) is 11.4 Å². The number of hydrogen-bond donors (Lipinski definition) is 1. The minimum atomic E-state index is -2.99. The van der Waals surface area contributed by atoms with Gasteiger partial charge in [0, 0.05) is 13.6 Å². The molecule has 0 spiro atoms. The summed E-state index contributed by atoms with van der Waals surface area (Å²) in [4.78, 5) is 0. The normalized spacial score (nSPS) is 27.2. The summed E-state index contributed by atoms with van der Waals surface area (Å²) in [5.74, 6) is 1.30. The van der Waals surface area contributed by atoms with E-state index < -0.39 is 10.0 Å². The Bertz CT molecular complexity index is 319. The highest BCUT2D eigenvalue weighted by atomic mass is 32.2. The van der Waals surface area contributed by atoms with Gasteiger partial charge in [-0.2, -0.15) is 0 Å². The van der Waals surface area contributed by atoms with E-state index in [1.165, 1.54) is 6.42 Å². The van der Waals surface area contributed by atoms with Gasteiger partial charge in [-0.3, -0.25) is 0 Å². The monoisotopic (exact) mass is 246 g/mol. The molecule has 0 amide bonds. The largest absolute Gasteiger partial charge is 0.316 e. The standard InChI is InChI=1S/C11H22N2O2S/c1-13(8-11-3-2-6-12-7-11)16(14,15)9-10-4-5-10/h10-12H,2-9H2,1H3. The molecule has 1 N–H and O–H groups in total. The zero-order chi connectivity index (χ0) is 11.6. The molecule has 0 bridgehead atoms. The van der Waals surface area contributed by atoms with Gasteiger partial charge in [0.15, 0.2) is 0 Å². The minimum Gasteiger partial charge on any atom is -0.316 e. The fourth-order valence-corrected chi connectivity index (χ4v) is 3.89. The summed E-state index contributed by atoms with van der Waals surface area (Å²) < 4.78 is 25.5. The molecular formula is C11H22N2O2S. The van der Waals surface area contributed by atoms with Crippen LogP contribution in [0.3, 0.4) is 0 Å². The van der Waals surface area contributed by atoms with Crippen molar-refractivity contribution in [2.75, 3.05) is 32.4 Å². The molecular weight excluding hydrogens is 224 g/mol. The number of sulfonamides is 1. The van der Waals surface area contributed by atoms with E-state index in [2.05, 4.69) is 5.32 Å². The summed E-state index contributed by atoms with van der Waals surface area (Å²) in [6, 6.07) is 0. The van der Waals surface area contributed by atoms with E-state index in [9.17, 15) is 8.42 Å². The molecule has 2 aliphatic rings. The van der Waals surface area contributed by atoms with Gasteiger partial charge in [-0.15, -0.1) is 0 Å². The molecule has 1 heterocycles. The molecule has 1 saturated carbocycles. The third-order valence-corrected chi connectivity index (χ3v) is 5.52. The molecule has 0 aromatic rings. The molecule has 5 heteroatoms. The number of nitrogens with one attached hydrogen (secondary N) is 1. The SMILES string of the molecule is CN(CC1CCCNC1)S(=O)(=O)CC1CC1. The fourth-order valence-electron chi connectivity index (χ4n) is 2.27. The number of nitrogens with zero attached hydrogens (tertiary/aromatic N) is 1. The van der Waals surface area contributed by atoms with Gasteiger partial charge in [0.1, 0.15) is 0 Å². The van der Waals surface area contributed by atoms with Gasteiger partial charge in [-0.25, -0.2) is 12.7 Å². The highest BCUT2D eigenvalue weighted by Gasteiger charge is 2.31. The Morgan fingerprint density at radius 1 is 1.25 bits per heavy atom. The van der Waals surface area contributed by atoms with Crippen LogP contribution < -0.4 is 5.32 Å². The Hall–Kier alpha value is -0.130. The number of hydrogen-bond acceptors (Lipinski definition) is 3. The Kier molecular flexibility index (Phi) is 3.87. The van der Waals surface area contributed by atoms with Gasteiger partial charge in [0.25, 0.3) is 0 Å². The first-order valence-corrected chi connectivity index (χ1v) is 7.83. The molecule has 1 aliphatic carbocycles. The first-order valence-electron chi connectivity index (χ1n) is 6.22. The summed E-state index contributed by atoms with van der Waals surface area (Å²) >= 11 is 0. The molecule has 16 heavy (non-hydrogen) atoms. The van der Waals surface area contributed by atoms with Crippen LogP contribution in [0.1, 0.15) is 25.7 Å². The predicted octanol–water partition coefficient (Wildman–Crippen LogP) is 0.658. The molecule has 1 unspecified atom stereocenters. The summed E-state index contributed by atoms with van der Waals surface area (Å²) in [6.07, 6.45) is 4.51. The number of piperidine rings is 1. The second-order valence-electron chi connectivity index (χ2n) is 5.21. The molecule has 2 rings (SSSR count). The molecule has 1 aliphatic heterocycles. The number of rotatable bonds is 5. The third-order valence-electron chi connectivity index (χ3n) is 3.53. The van der Waals surface area contributed by atoms with Gasteiger partial charge >= 0.3 is 0 Å². The molecule has 2 fully saturated rings. The summed E-state index contributed by atoms with van der Waals surface area (Å²) in [5.41, 5.74) is 0. The van der Waals surface area contributed by atoms with E-state index in [-0.39, 0.29) is 0 Å². The van der Waals surface area contributed by atoms with E-state index in [0.29, 0.717) is 24.1 Å². The maximum Gasteiger partial charge on any atom is 0.214 e. The topological polar surface area (TPSA) is 49.4 Å². The summed E-state index contributed by atoms with van der Waals surface area (Å²) in [7, 11) is -1.26. The Morgan fingerprint density at radius 3 is 2.56 bits per heavy atom. The van der Waals surface area contributed by atoms with Crippen LogP contribution in [0.4, 0.5) is 0 Å². The van der Waals surface area contributed by atoms with Crippen molar-refractivity contribution in [1.29, 1.82) is 0 Å². The van der Waals surface area contributed by atoms with Crippen LogP contribution in [-0.4, -0.2) is 45.2 Å². The van der Waals surface area contributed by atoms with Crippen molar-refractivity contribution >= 4 is 10.0 Å². The van der Waals surface area contributed by atoms with Crippen molar-refractivity contribution in [3.05, 3.63) is 0 Å². The van der Waals surface area contributed by atoms with E-state index in [4.69, 9.17) is 0 Å². The average molecular weight is 246 g/mol. The van der Waals surface area contributed by atoms with E-state index in [1.807, 2.05) is 0 Å². The molecule has 0 aromatic carbocycles. The van der Waals surface area contributed by atoms with Crippen molar-refractivity contribution in [1.82, 2.24) is 9.62 Å². The summed E-state index contributed by atoms with van der Waals surface area (Å²) in [5, 5.41) is 3.32. The highest BCUT2D eigenvalue weighted by molar-refractivity contribution is 7.89. The highest BCUT2D eigenvalue weighted by Crippen LogP contribution is 2.31. The molecule has 1 saturated heterocycles. The maximum absolute atomic E-state index is 12.0. The lowest BCUT2D eigenvalue weighted by Crippen LogP contribution is -2.40. The Labute approximate surface area is 98.4 Å². The lowest BCUT2D eigenvalue weighted by molar-refractivity contribution is 0.314. The zero-order valence-corrected chi connectivity index (χ0v) is 10.8. The smallest absolute Gasteiger partial charge is 0.214 e. The molecule has 4 nitrogen and oxygen atoms in total. The van der Waals surface area contributed by atoms with Crippen LogP contribution in [0.2, 0.25) is 0 Å². The van der Waals surface area contributed by atoms with Crippen molar-refractivity contribution in [3.63, 3.8) is 0 Å². The first kappa shape index (κ1) is 12.3. The van der Waals surface area contributed by atoms with Gasteiger partial charge in [0.05, 0.1) is 5.75 Å². The molecule has 94 valence electrons. The fraction of sp³-hybridized carbons (Fsp3) is 1.00. The third kappa shape index (κ3) is 3.43. The summed E-state index contributed by atoms with van der Waals surface area (Å²) in [6.45, 7) is 2.72. The zero-order valence-electron chi connectivity index (χ0n) is 9.98. The van der Waals surface area contributed by atoms with Gasteiger partial charge in [-0.05, 0) is 50.6 Å². The van der Waals surface area contributed by atoms with Crippen LogP contribution in [0.5, 0.6) is 0 Å². The molecule has 0 aromatic heterocycles. The Morgan fingerprint density at radius 2 is 2.00 bits per heavy atom. The predicted molar refractivity (Wildman–Crippen MR) is 64.7 cm³/mol. The second-order valence-corrected chi connectivity index (χ2v) is 7.34. The lowest BCUT2D eigenvalue weighted by atomic mass is 10.00. The Balaban J connectivity index is 1.82. The second kappa shape index (κ2) is 5.02. The van der Waals surface area contributed by atoms with Crippen LogP contribution in [0.25, 0.3) is 0 Å².